The molecule has 0 aliphatic rings. The lowest BCUT2D eigenvalue weighted by Gasteiger charge is -1.98. The molecule has 2 nitrogen and oxygen atoms in total. The SMILES string of the molecule is CCc1ncn(C)c1CC. The second kappa shape index (κ2) is 2.86. The summed E-state index contributed by atoms with van der Waals surface area (Å²) in [6.45, 7) is 4.30. The van der Waals surface area contributed by atoms with Gasteiger partial charge < -0.3 is 4.57 Å². The van der Waals surface area contributed by atoms with Crippen LogP contribution >= 0.6 is 0 Å². The normalized spacial score (nSPS) is 10.3. The van der Waals surface area contributed by atoms with Gasteiger partial charge in [-0.3, -0.25) is 0 Å². The molecule has 0 saturated heterocycles. The summed E-state index contributed by atoms with van der Waals surface area (Å²) in [6, 6.07) is 0. The highest BCUT2D eigenvalue weighted by Gasteiger charge is 2.02. The third-order valence-corrected chi connectivity index (χ3v) is 1.82. The van der Waals surface area contributed by atoms with Gasteiger partial charge in [-0.1, -0.05) is 13.8 Å². The molecule has 0 saturated carbocycles. The average Bonchev–Trinajstić information content (AvgIpc) is 2.30. The lowest BCUT2D eigenvalue weighted by Crippen LogP contribution is -1.95. The van der Waals surface area contributed by atoms with Gasteiger partial charge in [0.2, 0.25) is 0 Å². The van der Waals surface area contributed by atoms with E-state index in [9.17, 15) is 0 Å². The van der Waals surface area contributed by atoms with Crippen LogP contribution in [-0.4, -0.2) is 9.55 Å². The minimum Gasteiger partial charge on any atom is -0.337 e. The Morgan fingerprint density at radius 1 is 1.40 bits per heavy atom. The minimum absolute atomic E-state index is 1.05. The molecule has 0 aromatic carbocycles. The molecule has 1 aromatic rings. The van der Waals surface area contributed by atoms with Gasteiger partial charge >= 0.3 is 0 Å². The molecule has 0 aliphatic carbocycles. The van der Waals surface area contributed by atoms with E-state index in [2.05, 4.69) is 23.4 Å². The molecule has 56 valence electrons. The van der Waals surface area contributed by atoms with Crippen LogP contribution in [0, 0.1) is 0 Å². The highest BCUT2D eigenvalue weighted by atomic mass is 15.0. The van der Waals surface area contributed by atoms with Crippen molar-refractivity contribution < 1.29 is 0 Å². The second-order valence-corrected chi connectivity index (χ2v) is 2.46. The lowest BCUT2D eigenvalue weighted by atomic mass is 10.2. The van der Waals surface area contributed by atoms with Gasteiger partial charge in [0.25, 0.3) is 0 Å². The van der Waals surface area contributed by atoms with Gasteiger partial charge in [-0.05, 0) is 12.8 Å². The quantitative estimate of drug-likeness (QED) is 0.606. The van der Waals surface area contributed by atoms with Crippen molar-refractivity contribution in [1.82, 2.24) is 9.55 Å². The van der Waals surface area contributed by atoms with E-state index in [0.717, 1.165) is 12.8 Å². The summed E-state index contributed by atoms with van der Waals surface area (Å²) in [5, 5.41) is 0. The first-order valence-corrected chi connectivity index (χ1v) is 3.78. The summed E-state index contributed by atoms with van der Waals surface area (Å²) >= 11 is 0. The highest BCUT2D eigenvalue weighted by molar-refractivity contribution is 5.12. The molecule has 10 heavy (non-hydrogen) atoms. The molecule has 1 aromatic heterocycles. The van der Waals surface area contributed by atoms with E-state index in [1.165, 1.54) is 11.4 Å². The van der Waals surface area contributed by atoms with Crippen LogP contribution in [0.25, 0.3) is 0 Å². The zero-order valence-corrected chi connectivity index (χ0v) is 6.89. The van der Waals surface area contributed by atoms with Crippen molar-refractivity contribution >= 4 is 0 Å². The Hall–Kier alpha value is -0.790. The van der Waals surface area contributed by atoms with Crippen LogP contribution in [0.5, 0.6) is 0 Å². The maximum absolute atomic E-state index is 4.27. The van der Waals surface area contributed by atoms with Gasteiger partial charge in [0.1, 0.15) is 0 Å². The first-order chi connectivity index (χ1) is 4.79. The summed E-state index contributed by atoms with van der Waals surface area (Å²) in [6.07, 6.45) is 4.02. The van der Waals surface area contributed by atoms with Crippen molar-refractivity contribution in [2.45, 2.75) is 26.7 Å². The molecule has 0 spiro atoms. The zero-order valence-electron chi connectivity index (χ0n) is 6.89. The Bertz CT molecular complexity index is 213. The lowest BCUT2D eigenvalue weighted by molar-refractivity contribution is 0.823. The Labute approximate surface area is 61.9 Å². The van der Waals surface area contributed by atoms with Crippen molar-refractivity contribution in [3.8, 4) is 0 Å². The molecule has 0 atom stereocenters. The van der Waals surface area contributed by atoms with Crippen molar-refractivity contribution in [1.29, 1.82) is 0 Å². The fourth-order valence-corrected chi connectivity index (χ4v) is 1.25. The van der Waals surface area contributed by atoms with E-state index in [1.54, 1.807) is 0 Å². The molecular formula is C8H14N2. The van der Waals surface area contributed by atoms with Crippen LogP contribution in [0.15, 0.2) is 6.33 Å². The highest BCUT2D eigenvalue weighted by Crippen LogP contribution is 2.06. The molecule has 1 heterocycles. The van der Waals surface area contributed by atoms with E-state index in [1.807, 2.05) is 13.4 Å². The van der Waals surface area contributed by atoms with Gasteiger partial charge in [0.15, 0.2) is 0 Å². The molecule has 0 fully saturated rings. The van der Waals surface area contributed by atoms with Crippen molar-refractivity contribution in [3.63, 3.8) is 0 Å². The number of imidazole rings is 1. The standard InChI is InChI=1S/C8H14N2/c1-4-7-8(5-2)10(3)6-9-7/h6H,4-5H2,1-3H3. The predicted octanol–water partition coefficient (Wildman–Crippen LogP) is 1.54. The van der Waals surface area contributed by atoms with Crippen LogP contribution in [-0.2, 0) is 19.9 Å². The monoisotopic (exact) mass is 138 g/mol. The molecule has 2 heteroatoms. The third kappa shape index (κ3) is 1.06. The Balaban J connectivity index is 3.01. The summed E-state index contributed by atoms with van der Waals surface area (Å²) in [5.74, 6) is 0. The van der Waals surface area contributed by atoms with Gasteiger partial charge in [-0.25, -0.2) is 4.98 Å². The van der Waals surface area contributed by atoms with E-state index >= 15 is 0 Å². The van der Waals surface area contributed by atoms with Crippen LogP contribution in [0.3, 0.4) is 0 Å². The van der Waals surface area contributed by atoms with E-state index in [0.29, 0.717) is 0 Å². The summed E-state index contributed by atoms with van der Waals surface area (Å²) in [5.41, 5.74) is 2.60. The first-order valence-electron chi connectivity index (χ1n) is 3.78. The Morgan fingerprint density at radius 3 is 2.50 bits per heavy atom. The predicted molar refractivity (Wildman–Crippen MR) is 42.0 cm³/mol. The van der Waals surface area contributed by atoms with Crippen LogP contribution in [0.4, 0.5) is 0 Å². The zero-order chi connectivity index (χ0) is 7.56. The number of hydrogen-bond acceptors (Lipinski definition) is 1. The van der Waals surface area contributed by atoms with Crippen molar-refractivity contribution in [3.05, 3.63) is 17.7 Å². The largest absolute Gasteiger partial charge is 0.337 e. The van der Waals surface area contributed by atoms with Gasteiger partial charge in [0, 0.05) is 12.7 Å². The molecular weight excluding hydrogens is 124 g/mol. The maximum atomic E-state index is 4.27. The second-order valence-electron chi connectivity index (χ2n) is 2.46. The first kappa shape index (κ1) is 7.32. The van der Waals surface area contributed by atoms with Gasteiger partial charge in [0.05, 0.1) is 12.0 Å². The van der Waals surface area contributed by atoms with E-state index in [4.69, 9.17) is 0 Å². The summed E-state index contributed by atoms with van der Waals surface area (Å²) in [4.78, 5) is 4.27. The van der Waals surface area contributed by atoms with Crippen molar-refractivity contribution in [2.24, 2.45) is 7.05 Å². The van der Waals surface area contributed by atoms with E-state index in [-0.39, 0.29) is 0 Å². The maximum Gasteiger partial charge on any atom is 0.0949 e. The van der Waals surface area contributed by atoms with Gasteiger partial charge in [-0.2, -0.15) is 0 Å². The van der Waals surface area contributed by atoms with Crippen LogP contribution in [0.1, 0.15) is 25.2 Å². The number of nitrogens with zero attached hydrogens (tertiary/aromatic N) is 2. The third-order valence-electron chi connectivity index (χ3n) is 1.82. The minimum atomic E-state index is 1.05. The molecule has 1 rings (SSSR count). The molecule has 0 aliphatic heterocycles. The fraction of sp³-hybridized carbons (Fsp3) is 0.625. The number of hydrogen-bond donors (Lipinski definition) is 0. The molecule has 0 amide bonds. The fourth-order valence-electron chi connectivity index (χ4n) is 1.25. The Morgan fingerprint density at radius 2 is 2.10 bits per heavy atom. The summed E-state index contributed by atoms with van der Waals surface area (Å²) < 4.78 is 2.10. The number of rotatable bonds is 2. The average molecular weight is 138 g/mol. The van der Waals surface area contributed by atoms with E-state index < -0.39 is 0 Å². The molecule has 0 radical (unpaired) electrons. The molecule has 0 unspecified atom stereocenters. The molecule has 0 bridgehead atoms. The Kier molecular flexibility index (Phi) is 2.10. The topological polar surface area (TPSA) is 17.8 Å². The van der Waals surface area contributed by atoms with Gasteiger partial charge in [-0.15, -0.1) is 0 Å². The van der Waals surface area contributed by atoms with Crippen molar-refractivity contribution in [2.75, 3.05) is 0 Å². The van der Waals surface area contributed by atoms with Crippen LogP contribution < -0.4 is 0 Å². The smallest absolute Gasteiger partial charge is 0.0949 e. The summed E-state index contributed by atoms with van der Waals surface area (Å²) in [7, 11) is 2.05. The van der Waals surface area contributed by atoms with Crippen LogP contribution in [0.2, 0.25) is 0 Å². The molecule has 0 N–H and O–H groups in total. The number of aryl methyl sites for hydroxylation is 2. The number of aromatic nitrogens is 2.